The smallest absolute Gasteiger partial charge is 0.243 e. The molecule has 0 aliphatic carbocycles. The second-order valence-electron chi connectivity index (χ2n) is 6.77. The summed E-state index contributed by atoms with van der Waals surface area (Å²) in [6.07, 6.45) is 2.90. The first-order chi connectivity index (χ1) is 13.0. The summed E-state index contributed by atoms with van der Waals surface area (Å²) < 4.78 is 27.6. The molecule has 0 spiro atoms. The van der Waals surface area contributed by atoms with Gasteiger partial charge in [0.05, 0.1) is 11.4 Å². The van der Waals surface area contributed by atoms with Gasteiger partial charge in [-0.2, -0.15) is 4.31 Å². The van der Waals surface area contributed by atoms with E-state index < -0.39 is 10.0 Å². The first-order valence-corrected chi connectivity index (χ1v) is 10.6. The molecule has 0 aromatic heterocycles. The van der Waals surface area contributed by atoms with Crippen molar-refractivity contribution in [1.82, 2.24) is 4.31 Å². The van der Waals surface area contributed by atoms with Crippen molar-refractivity contribution in [3.63, 3.8) is 0 Å². The van der Waals surface area contributed by atoms with Crippen molar-refractivity contribution in [1.29, 1.82) is 0 Å². The minimum absolute atomic E-state index is 0. The Balaban J connectivity index is 0.00000280. The van der Waals surface area contributed by atoms with Gasteiger partial charge in [0.15, 0.2) is 5.96 Å². The van der Waals surface area contributed by atoms with Gasteiger partial charge in [0, 0.05) is 18.8 Å². The number of anilines is 1. The Morgan fingerprint density at radius 1 is 1.11 bits per heavy atom. The number of nitrogens with zero attached hydrogens (tertiary/aromatic N) is 2. The van der Waals surface area contributed by atoms with E-state index in [2.05, 4.69) is 10.3 Å². The van der Waals surface area contributed by atoms with Gasteiger partial charge in [-0.15, -0.1) is 24.0 Å². The van der Waals surface area contributed by atoms with Gasteiger partial charge in [-0.25, -0.2) is 13.4 Å². The summed E-state index contributed by atoms with van der Waals surface area (Å²) in [5.74, 6) is 0.255. The fourth-order valence-electron chi connectivity index (χ4n) is 3.21. The van der Waals surface area contributed by atoms with Crippen molar-refractivity contribution >= 4 is 45.6 Å². The monoisotopic (exact) mass is 514 g/mol. The van der Waals surface area contributed by atoms with Crippen LogP contribution in [-0.2, 0) is 16.6 Å². The fourth-order valence-corrected chi connectivity index (χ4v) is 4.94. The van der Waals surface area contributed by atoms with Gasteiger partial charge in [-0.1, -0.05) is 36.8 Å². The highest BCUT2D eigenvalue weighted by Gasteiger charge is 2.27. The molecule has 2 aromatic carbocycles. The Labute approximate surface area is 184 Å². The molecule has 1 heterocycles. The minimum atomic E-state index is -3.50. The molecular formula is C20H27IN4O2S. The van der Waals surface area contributed by atoms with Crippen molar-refractivity contribution in [2.24, 2.45) is 10.7 Å². The van der Waals surface area contributed by atoms with Gasteiger partial charge < -0.3 is 11.1 Å². The Morgan fingerprint density at radius 3 is 2.54 bits per heavy atom. The van der Waals surface area contributed by atoms with E-state index in [-0.39, 0.29) is 36.5 Å². The standard InChI is InChI=1S/C20H26N4O2S.HI/c1-16-8-7-10-18(14-16)23-20(21)22-15-17-9-3-4-11-19(17)27(25,26)24-12-5-2-6-13-24;/h3-4,7-11,14H,2,5-6,12-13,15H2,1H3,(H3,21,22,23);1H. The van der Waals surface area contributed by atoms with E-state index >= 15 is 0 Å². The lowest BCUT2D eigenvalue weighted by Gasteiger charge is -2.26. The van der Waals surface area contributed by atoms with Gasteiger partial charge in [0.25, 0.3) is 0 Å². The van der Waals surface area contributed by atoms with E-state index in [1.54, 1.807) is 22.5 Å². The predicted molar refractivity (Wildman–Crippen MR) is 125 cm³/mol. The summed E-state index contributed by atoms with van der Waals surface area (Å²) in [5.41, 5.74) is 8.60. The molecule has 1 fully saturated rings. The second kappa shape index (κ2) is 10.2. The number of nitrogens with one attached hydrogen (secondary N) is 1. The van der Waals surface area contributed by atoms with Crippen LogP contribution in [0.1, 0.15) is 30.4 Å². The molecule has 28 heavy (non-hydrogen) atoms. The Kier molecular flexibility index (Phi) is 8.26. The maximum absolute atomic E-state index is 13.0. The third-order valence-electron chi connectivity index (χ3n) is 4.62. The molecule has 152 valence electrons. The van der Waals surface area contributed by atoms with Crippen LogP contribution in [0.25, 0.3) is 0 Å². The topological polar surface area (TPSA) is 87.8 Å². The average Bonchev–Trinajstić information content (AvgIpc) is 2.67. The van der Waals surface area contributed by atoms with E-state index in [1.165, 1.54) is 0 Å². The quantitative estimate of drug-likeness (QED) is 0.362. The molecule has 1 saturated heterocycles. The van der Waals surface area contributed by atoms with Crippen molar-refractivity contribution in [2.75, 3.05) is 18.4 Å². The van der Waals surface area contributed by atoms with Crippen LogP contribution < -0.4 is 11.1 Å². The molecule has 0 saturated carbocycles. The van der Waals surface area contributed by atoms with E-state index in [1.807, 2.05) is 37.3 Å². The Bertz CT molecular complexity index is 925. The van der Waals surface area contributed by atoms with Crippen molar-refractivity contribution in [3.8, 4) is 0 Å². The van der Waals surface area contributed by atoms with Crippen LogP contribution in [0.2, 0.25) is 0 Å². The highest BCUT2D eigenvalue weighted by molar-refractivity contribution is 14.0. The summed E-state index contributed by atoms with van der Waals surface area (Å²) in [7, 11) is -3.50. The number of benzene rings is 2. The largest absolute Gasteiger partial charge is 0.370 e. The Morgan fingerprint density at radius 2 is 1.82 bits per heavy atom. The molecule has 6 nitrogen and oxygen atoms in total. The number of hydrogen-bond donors (Lipinski definition) is 2. The third kappa shape index (κ3) is 5.68. The third-order valence-corrected chi connectivity index (χ3v) is 6.61. The van der Waals surface area contributed by atoms with Crippen molar-refractivity contribution in [3.05, 3.63) is 59.7 Å². The lowest BCUT2D eigenvalue weighted by atomic mass is 10.2. The summed E-state index contributed by atoms with van der Waals surface area (Å²) in [5, 5.41) is 3.04. The highest BCUT2D eigenvalue weighted by Crippen LogP contribution is 2.24. The second-order valence-corrected chi connectivity index (χ2v) is 8.67. The summed E-state index contributed by atoms with van der Waals surface area (Å²) in [6.45, 7) is 3.36. The van der Waals surface area contributed by atoms with Crippen LogP contribution in [0, 0.1) is 6.92 Å². The number of guanidine groups is 1. The minimum Gasteiger partial charge on any atom is -0.370 e. The number of piperidine rings is 1. The van der Waals surface area contributed by atoms with Crippen molar-refractivity contribution < 1.29 is 8.42 Å². The van der Waals surface area contributed by atoms with Gasteiger partial charge in [-0.05, 0) is 49.1 Å². The zero-order valence-electron chi connectivity index (χ0n) is 16.0. The lowest BCUT2D eigenvalue weighted by Crippen LogP contribution is -2.36. The maximum Gasteiger partial charge on any atom is 0.243 e. The molecule has 0 atom stereocenters. The molecule has 0 bridgehead atoms. The zero-order valence-corrected chi connectivity index (χ0v) is 19.1. The van der Waals surface area contributed by atoms with E-state index in [0.29, 0.717) is 23.5 Å². The lowest BCUT2D eigenvalue weighted by molar-refractivity contribution is 0.346. The molecule has 0 unspecified atom stereocenters. The fraction of sp³-hybridized carbons (Fsp3) is 0.350. The molecule has 3 rings (SSSR count). The number of aryl methyl sites for hydroxylation is 1. The Hall–Kier alpha value is -1.65. The van der Waals surface area contributed by atoms with Crippen LogP contribution in [0.15, 0.2) is 58.4 Å². The predicted octanol–water partition coefficient (Wildman–Crippen LogP) is 3.71. The van der Waals surface area contributed by atoms with E-state index in [0.717, 1.165) is 30.5 Å². The highest BCUT2D eigenvalue weighted by atomic mass is 127. The number of nitrogens with two attached hydrogens (primary N) is 1. The van der Waals surface area contributed by atoms with Gasteiger partial charge in [0.2, 0.25) is 10.0 Å². The van der Waals surface area contributed by atoms with Gasteiger partial charge >= 0.3 is 0 Å². The molecular weight excluding hydrogens is 487 g/mol. The SMILES string of the molecule is Cc1cccc(NC(N)=NCc2ccccc2S(=O)(=O)N2CCCCC2)c1.I. The summed E-state index contributed by atoms with van der Waals surface area (Å²) in [4.78, 5) is 4.66. The van der Waals surface area contributed by atoms with Gasteiger partial charge in [-0.3, -0.25) is 0 Å². The normalized spacial score (nSPS) is 15.7. The van der Waals surface area contributed by atoms with Crippen LogP contribution in [0.4, 0.5) is 5.69 Å². The number of rotatable bonds is 5. The van der Waals surface area contributed by atoms with Crippen LogP contribution in [-0.4, -0.2) is 31.8 Å². The van der Waals surface area contributed by atoms with Crippen LogP contribution in [0.3, 0.4) is 0 Å². The zero-order chi connectivity index (χ0) is 19.3. The van der Waals surface area contributed by atoms with Gasteiger partial charge in [0.1, 0.15) is 0 Å². The molecule has 1 aliphatic rings. The van der Waals surface area contributed by atoms with E-state index in [9.17, 15) is 8.42 Å². The first kappa shape index (κ1) is 22.6. The summed E-state index contributed by atoms with van der Waals surface area (Å²) >= 11 is 0. The molecule has 0 amide bonds. The van der Waals surface area contributed by atoms with Crippen LogP contribution >= 0.6 is 24.0 Å². The number of sulfonamides is 1. The number of hydrogen-bond acceptors (Lipinski definition) is 3. The van der Waals surface area contributed by atoms with Crippen molar-refractivity contribution in [2.45, 2.75) is 37.6 Å². The number of aliphatic imine (C=N–C) groups is 1. The molecule has 3 N–H and O–H groups in total. The van der Waals surface area contributed by atoms with E-state index in [4.69, 9.17) is 5.73 Å². The average molecular weight is 514 g/mol. The molecule has 1 aliphatic heterocycles. The number of halogens is 1. The first-order valence-electron chi connectivity index (χ1n) is 9.18. The molecule has 8 heteroatoms. The molecule has 2 aromatic rings. The maximum atomic E-state index is 13.0. The summed E-state index contributed by atoms with van der Waals surface area (Å²) in [6, 6.07) is 14.8. The van der Waals surface area contributed by atoms with Crippen LogP contribution in [0.5, 0.6) is 0 Å². The molecule has 0 radical (unpaired) electrons.